The van der Waals surface area contributed by atoms with Gasteiger partial charge in [-0.05, 0) is 32.8 Å². The summed E-state index contributed by atoms with van der Waals surface area (Å²) in [4.78, 5) is 24.7. The zero-order valence-electron chi connectivity index (χ0n) is 8.81. The molecule has 14 heavy (non-hydrogen) atoms. The summed E-state index contributed by atoms with van der Waals surface area (Å²) in [6.07, 6.45) is 2.07. The van der Waals surface area contributed by atoms with Crippen LogP contribution < -0.4 is 0 Å². The first-order chi connectivity index (χ1) is 6.57. The van der Waals surface area contributed by atoms with Crippen molar-refractivity contribution < 1.29 is 9.59 Å². The molecule has 0 fully saturated rings. The lowest BCUT2D eigenvalue weighted by Crippen LogP contribution is -1.95. The molecular formula is C11H15NO2. The van der Waals surface area contributed by atoms with E-state index in [4.69, 9.17) is 0 Å². The monoisotopic (exact) mass is 193 g/mol. The molecular weight excluding hydrogens is 178 g/mol. The molecule has 3 nitrogen and oxygen atoms in total. The van der Waals surface area contributed by atoms with Gasteiger partial charge in [0.2, 0.25) is 0 Å². The Kier molecular flexibility index (Phi) is 3.23. The molecule has 0 bridgehead atoms. The average molecular weight is 193 g/mol. The van der Waals surface area contributed by atoms with Crippen molar-refractivity contribution in [3.8, 4) is 0 Å². The predicted molar refractivity (Wildman–Crippen MR) is 54.7 cm³/mol. The van der Waals surface area contributed by atoms with Crippen molar-refractivity contribution >= 4 is 12.1 Å². The van der Waals surface area contributed by atoms with Gasteiger partial charge in [0.15, 0.2) is 5.78 Å². The fourth-order valence-corrected chi connectivity index (χ4v) is 1.80. The number of ketones is 1. The quantitative estimate of drug-likeness (QED) is 0.587. The number of hydrogen-bond donors (Lipinski definition) is 1. The van der Waals surface area contributed by atoms with Crippen LogP contribution in [-0.2, 0) is 11.2 Å². The zero-order valence-corrected chi connectivity index (χ0v) is 8.81. The Hall–Kier alpha value is -1.38. The molecule has 1 rings (SSSR count). The fourth-order valence-electron chi connectivity index (χ4n) is 1.80. The van der Waals surface area contributed by atoms with Crippen LogP contribution in [0.3, 0.4) is 0 Å². The topological polar surface area (TPSA) is 49.9 Å². The molecule has 0 aliphatic carbocycles. The second kappa shape index (κ2) is 4.22. The first kappa shape index (κ1) is 10.7. The van der Waals surface area contributed by atoms with Gasteiger partial charge in [0, 0.05) is 23.4 Å². The standard InChI is InChI=1S/C11H15NO2/c1-7-10(5-4-6-13)12-8(2)11(7)9(3)14/h6,12H,4-5H2,1-3H3. The van der Waals surface area contributed by atoms with Crippen molar-refractivity contribution in [1.82, 2.24) is 4.98 Å². The van der Waals surface area contributed by atoms with E-state index in [1.165, 1.54) is 0 Å². The van der Waals surface area contributed by atoms with E-state index in [2.05, 4.69) is 4.98 Å². The van der Waals surface area contributed by atoms with E-state index in [1.54, 1.807) is 6.92 Å². The van der Waals surface area contributed by atoms with E-state index >= 15 is 0 Å². The largest absolute Gasteiger partial charge is 0.362 e. The zero-order chi connectivity index (χ0) is 10.7. The number of nitrogens with one attached hydrogen (secondary N) is 1. The number of aromatic nitrogens is 1. The van der Waals surface area contributed by atoms with Gasteiger partial charge in [-0.25, -0.2) is 0 Å². The van der Waals surface area contributed by atoms with Gasteiger partial charge in [0.25, 0.3) is 0 Å². The Morgan fingerprint density at radius 1 is 1.43 bits per heavy atom. The van der Waals surface area contributed by atoms with Crippen molar-refractivity contribution in [3.63, 3.8) is 0 Å². The molecule has 1 aromatic rings. The summed E-state index contributed by atoms with van der Waals surface area (Å²) in [5.41, 5.74) is 3.65. The Balaban J connectivity index is 3.03. The molecule has 0 spiro atoms. The van der Waals surface area contributed by atoms with Crippen molar-refractivity contribution in [2.45, 2.75) is 33.6 Å². The van der Waals surface area contributed by atoms with Crippen LogP contribution in [0.2, 0.25) is 0 Å². The van der Waals surface area contributed by atoms with Crippen LogP contribution in [0.5, 0.6) is 0 Å². The molecule has 1 aromatic heterocycles. The summed E-state index contributed by atoms with van der Waals surface area (Å²) in [7, 11) is 0. The summed E-state index contributed by atoms with van der Waals surface area (Å²) in [6, 6.07) is 0. The number of carbonyl (C=O) groups is 2. The first-order valence-electron chi connectivity index (χ1n) is 4.70. The second-order valence-corrected chi connectivity index (χ2v) is 3.49. The normalized spacial score (nSPS) is 10.2. The van der Waals surface area contributed by atoms with Gasteiger partial charge in [-0.2, -0.15) is 0 Å². The van der Waals surface area contributed by atoms with Crippen LogP contribution in [0.25, 0.3) is 0 Å². The molecule has 1 heterocycles. The molecule has 0 unspecified atom stereocenters. The molecule has 0 saturated heterocycles. The lowest BCUT2D eigenvalue weighted by molar-refractivity contribution is -0.107. The number of aryl methyl sites for hydroxylation is 2. The third-order valence-corrected chi connectivity index (χ3v) is 2.41. The van der Waals surface area contributed by atoms with Crippen LogP contribution in [-0.4, -0.2) is 17.1 Å². The summed E-state index contributed by atoms with van der Waals surface area (Å²) in [5, 5.41) is 0. The van der Waals surface area contributed by atoms with E-state index in [1.807, 2.05) is 13.8 Å². The highest BCUT2D eigenvalue weighted by atomic mass is 16.1. The number of aldehydes is 1. The Bertz CT molecular complexity index is 364. The van der Waals surface area contributed by atoms with Crippen LogP contribution in [0, 0.1) is 13.8 Å². The minimum atomic E-state index is 0.0774. The van der Waals surface area contributed by atoms with Gasteiger partial charge in [0.1, 0.15) is 6.29 Å². The van der Waals surface area contributed by atoms with Gasteiger partial charge < -0.3 is 9.78 Å². The highest BCUT2D eigenvalue weighted by Crippen LogP contribution is 2.19. The van der Waals surface area contributed by atoms with Crippen molar-refractivity contribution in [2.24, 2.45) is 0 Å². The Morgan fingerprint density at radius 2 is 2.07 bits per heavy atom. The Labute approximate surface area is 83.5 Å². The SMILES string of the molecule is CC(=O)c1c(C)[nH]c(CCC=O)c1C. The maximum atomic E-state index is 11.3. The fraction of sp³-hybridized carbons (Fsp3) is 0.455. The van der Waals surface area contributed by atoms with Gasteiger partial charge in [-0.15, -0.1) is 0 Å². The van der Waals surface area contributed by atoms with Crippen molar-refractivity contribution in [3.05, 3.63) is 22.5 Å². The van der Waals surface area contributed by atoms with Gasteiger partial charge in [-0.3, -0.25) is 4.79 Å². The van der Waals surface area contributed by atoms with Crippen LogP contribution in [0.15, 0.2) is 0 Å². The number of Topliss-reactive ketones (excluding diaryl/α,β-unsaturated/α-hetero) is 1. The third-order valence-electron chi connectivity index (χ3n) is 2.41. The van der Waals surface area contributed by atoms with Gasteiger partial charge in [-0.1, -0.05) is 0 Å². The molecule has 0 aliphatic heterocycles. The van der Waals surface area contributed by atoms with Crippen LogP contribution in [0.1, 0.15) is 40.7 Å². The predicted octanol–water partition coefficient (Wildman–Crippen LogP) is 1.97. The summed E-state index contributed by atoms with van der Waals surface area (Å²) >= 11 is 0. The number of hydrogen-bond acceptors (Lipinski definition) is 2. The Morgan fingerprint density at radius 3 is 2.50 bits per heavy atom. The highest BCUT2D eigenvalue weighted by Gasteiger charge is 2.13. The summed E-state index contributed by atoms with van der Waals surface area (Å²) < 4.78 is 0. The number of carbonyl (C=O) groups excluding carboxylic acids is 2. The van der Waals surface area contributed by atoms with E-state index < -0.39 is 0 Å². The van der Waals surface area contributed by atoms with Crippen molar-refractivity contribution in [2.75, 3.05) is 0 Å². The van der Waals surface area contributed by atoms with E-state index in [-0.39, 0.29) is 5.78 Å². The minimum absolute atomic E-state index is 0.0774. The molecule has 76 valence electrons. The molecule has 0 aromatic carbocycles. The van der Waals surface area contributed by atoms with E-state index in [0.29, 0.717) is 12.8 Å². The molecule has 0 aliphatic rings. The molecule has 0 amide bonds. The third kappa shape index (κ3) is 1.92. The summed E-state index contributed by atoms with van der Waals surface area (Å²) in [5.74, 6) is 0.0774. The summed E-state index contributed by atoms with van der Waals surface area (Å²) in [6.45, 7) is 5.36. The smallest absolute Gasteiger partial charge is 0.161 e. The molecule has 3 heteroatoms. The maximum Gasteiger partial charge on any atom is 0.161 e. The number of rotatable bonds is 4. The van der Waals surface area contributed by atoms with Crippen LogP contribution in [0.4, 0.5) is 0 Å². The van der Waals surface area contributed by atoms with E-state index in [9.17, 15) is 9.59 Å². The number of H-pyrrole nitrogens is 1. The molecule has 0 radical (unpaired) electrons. The maximum absolute atomic E-state index is 11.3. The lowest BCUT2D eigenvalue weighted by atomic mass is 10.1. The average Bonchev–Trinajstić information content (AvgIpc) is 2.38. The minimum Gasteiger partial charge on any atom is -0.362 e. The van der Waals surface area contributed by atoms with Gasteiger partial charge in [0.05, 0.1) is 0 Å². The van der Waals surface area contributed by atoms with Gasteiger partial charge >= 0.3 is 0 Å². The second-order valence-electron chi connectivity index (χ2n) is 3.49. The lowest BCUT2D eigenvalue weighted by Gasteiger charge is -1.96. The van der Waals surface area contributed by atoms with E-state index in [0.717, 1.165) is 28.8 Å². The molecule has 0 saturated carbocycles. The highest BCUT2D eigenvalue weighted by molar-refractivity contribution is 5.97. The molecule has 0 atom stereocenters. The van der Waals surface area contributed by atoms with Crippen molar-refractivity contribution in [1.29, 1.82) is 0 Å². The number of aromatic amines is 1. The van der Waals surface area contributed by atoms with Crippen LogP contribution >= 0.6 is 0 Å². The first-order valence-corrected chi connectivity index (χ1v) is 4.70. The molecule has 1 N–H and O–H groups in total.